The van der Waals surface area contributed by atoms with Gasteiger partial charge in [0.1, 0.15) is 5.75 Å². The van der Waals surface area contributed by atoms with Gasteiger partial charge in [-0.3, -0.25) is 14.6 Å². The minimum Gasteiger partial charge on any atom is -0.508 e. The highest BCUT2D eigenvalue weighted by atomic mass is 16.3. The van der Waals surface area contributed by atoms with E-state index in [1.54, 1.807) is 25.1 Å². The SMILES string of the molecule is C=CCN1C2CCCC1CN(C(Cc1ccc(C(=O)N(C)C)cc1)c1cccc(O)c1)C2. The van der Waals surface area contributed by atoms with Crippen LogP contribution in [0.2, 0.25) is 0 Å². The molecular weight excluding hydrogens is 398 g/mol. The number of phenols is 1. The summed E-state index contributed by atoms with van der Waals surface area (Å²) in [5.41, 5.74) is 3.06. The Hall–Kier alpha value is -2.63. The largest absolute Gasteiger partial charge is 0.508 e. The van der Waals surface area contributed by atoms with Gasteiger partial charge in [0.25, 0.3) is 5.91 Å². The number of benzene rings is 2. The summed E-state index contributed by atoms with van der Waals surface area (Å²) >= 11 is 0. The molecule has 32 heavy (non-hydrogen) atoms. The molecule has 170 valence electrons. The number of aromatic hydroxyl groups is 1. The second-order valence-corrected chi connectivity index (χ2v) is 9.39. The number of rotatable bonds is 7. The molecule has 3 atom stereocenters. The summed E-state index contributed by atoms with van der Waals surface area (Å²) in [6, 6.07) is 17.0. The molecule has 4 rings (SSSR count). The Labute approximate surface area is 191 Å². The molecule has 3 unspecified atom stereocenters. The number of piperazine rings is 1. The van der Waals surface area contributed by atoms with Gasteiger partial charge in [0.15, 0.2) is 0 Å². The normalized spacial score (nSPS) is 22.3. The first kappa shape index (κ1) is 22.6. The molecular formula is C27H35N3O2. The second kappa shape index (κ2) is 9.88. The molecule has 2 bridgehead atoms. The van der Waals surface area contributed by atoms with Crippen molar-refractivity contribution in [3.8, 4) is 5.75 Å². The first-order chi connectivity index (χ1) is 15.5. The first-order valence-electron chi connectivity index (χ1n) is 11.7. The standard InChI is InChI=1S/C27H35N3O2/c1-4-15-30-23-8-6-9-24(30)19-29(18-23)26(22-7-5-10-25(31)17-22)16-20-11-13-21(14-12-20)27(32)28(2)3/h4-5,7,10-14,17,23-24,26,31H,1,6,8-9,15-16,18-19H2,2-3H3. The Kier molecular flexibility index (Phi) is 6.97. The molecule has 0 spiro atoms. The summed E-state index contributed by atoms with van der Waals surface area (Å²) in [6.45, 7) is 6.99. The lowest BCUT2D eigenvalue weighted by Gasteiger charge is -2.52. The van der Waals surface area contributed by atoms with Gasteiger partial charge >= 0.3 is 0 Å². The van der Waals surface area contributed by atoms with Gasteiger partial charge in [-0.2, -0.15) is 0 Å². The van der Waals surface area contributed by atoms with Crippen LogP contribution in [0.25, 0.3) is 0 Å². The van der Waals surface area contributed by atoms with Crippen LogP contribution >= 0.6 is 0 Å². The van der Waals surface area contributed by atoms with Crippen LogP contribution in [0.3, 0.4) is 0 Å². The van der Waals surface area contributed by atoms with Gasteiger partial charge in [-0.1, -0.05) is 36.8 Å². The van der Waals surface area contributed by atoms with Crippen LogP contribution in [0.15, 0.2) is 61.2 Å². The molecule has 5 nitrogen and oxygen atoms in total. The molecule has 1 N–H and O–H groups in total. The van der Waals surface area contributed by atoms with E-state index in [0.717, 1.165) is 31.6 Å². The first-order valence-corrected chi connectivity index (χ1v) is 11.7. The average molecular weight is 434 g/mol. The van der Waals surface area contributed by atoms with Gasteiger partial charge in [-0.05, 0) is 54.7 Å². The van der Waals surface area contributed by atoms with Crippen molar-refractivity contribution in [3.63, 3.8) is 0 Å². The quantitative estimate of drug-likeness (QED) is 0.668. The monoisotopic (exact) mass is 433 g/mol. The van der Waals surface area contributed by atoms with Crippen molar-refractivity contribution in [1.29, 1.82) is 0 Å². The molecule has 2 aromatic carbocycles. The predicted octanol–water partition coefficient (Wildman–Crippen LogP) is 4.10. The third kappa shape index (κ3) is 4.89. The van der Waals surface area contributed by atoms with Gasteiger partial charge < -0.3 is 10.0 Å². The lowest BCUT2D eigenvalue weighted by atomic mass is 9.88. The number of carbonyl (C=O) groups excluding carboxylic acids is 1. The van der Waals surface area contributed by atoms with Crippen LogP contribution in [-0.2, 0) is 6.42 Å². The fourth-order valence-corrected chi connectivity index (χ4v) is 5.38. The summed E-state index contributed by atoms with van der Waals surface area (Å²) < 4.78 is 0. The molecule has 5 heteroatoms. The van der Waals surface area contributed by atoms with Gasteiger partial charge in [0, 0.05) is 57.4 Å². The average Bonchev–Trinajstić information content (AvgIpc) is 2.77. The highest BCUT2D eigenvalue weighted by molar-refractivity contribution is 5.93. The van der Waals surface area contributed by atoms with E-state index >= 15 is 0 Å². The van der Waals surface area contributed by atoms with Crippen molar-refractivity contribution in [3.05, 3.63) is 77.9 Å². The van der Waals surface area contributed by atoms with Gasteiger partial charge in [-0.25, -0.2) is 0 Å². The Morgan fingerprint density at radius 3 is 2.44 bits per heavy atom. The van der Waals surface area contributed by atoms with E-state index in [0.29, 0.717) is 23.4 Å². The van der Waals surface area contributed by atoms with Crippen LogP contribution in [0, 0.1) is 0 Å². The number of piperidine rings is 1. The summed E-state index contributed by atoms with van der Waals surface area (Å²) in [6.07, 6.45) is 6.64. The summed E-state index contributed by atoms with van der Waals surface area (Å²) in [5.74, 6) is 0.331. The molecule has 0 radical (unpaired) electrons. The number of carbonyl (C=O) groups is 1. The van der Waals surface area contributed by atoms with Crippen molar-refractivity contribution < 1.29 is 9.90 Å². The lowest BCUT2D eigenvalue weighted by molar-refractivity contribution is -0.0194. The number of nitrogens with zero attached hydrogens (tertiary/aromatic N) is 3. The fraction of sp³-hybridized carbons (Fsp3) is 0.444. The maximum Gasteiger partial charge on any atom is 0.253 e. The van der Waals surface area contributed by atoms with Gasteiger partial charge in [0.2, 0.25) is 0 Å². The number of fused-ring (bicyclic) bond motifs is 2. The van der Waals surface area contributed by atoms with Crippen molar-refractivity contribution in [2.75, 3.05) is 33.7 Å². The van der Waals surface area contributed by atoms with E-state index < -0.39 is 0 Å². The van der Waals surface area contributed by atoms with Crippen LogP contribution in [0.1, 0.15) is 46.8 Å². The third-order valence-corrected chi connectivity index (χ3v) is 6.98. The molecule has 1 amide bonds. The molecule has 2 fully saturated rings. The third-order valence-electron chi connectivity index (χ3n) is 6.98. The van der Waals surface area contributed by atoms with Crippen molar-refractivity contribution in [1.82, 2.24) is 14.7 Å². The molecule has 0 aliphatic carbocycles. The Bertz CT molecular complexity index is 926. The van der Waals surface area contributed by atoms with Gasteiger partial charge in [0.05, 0.1) is 0 Å². The minimum absolute atomic E-state index is 0.0206. The molecule has 2 saturated heterocycles. The van der Waals surface area contributed by atoms with Crippen LogP contribution in [-0.4, -0.2) is 71.5 Å². The topological polar surface area (TPSA) is 47.0 Å². The molecule has 2 aliphatic rings. The number of hydrogen-bond acceptors (Lipinski definition) is 4. The molecule has 0 aromatic heterocycles. The van der Waals surface area contributed by atoms with E-state index in [1.807, 2.05) is 30.3 Å². The maximum atomic E-state index is 12.3. The Morgan fingerprint density at radius 2 is 1.84 bits per heavy atom. The van der Waals surface area contributed by atoms with E-state index in [1.165, 1.54) is 24.8 Å². The second-order valence-electron chi connectivity index (χ2n) is 9.39. The molecule has 2 aliphatic heterocycles. The number of likely N-dealkylation sites (tertiary alicyclic amines) is 1. The zero-order chi connectivity index (χ0) is 22.7. The zero-order valence-electron chi connectivity index (χ0n) is 19.3. The van der Waals surface area contributed by atoms with E-state index in [-0.39, 0.29) is 11.9 Å². The number of amides is 1. The molecule has 2 heterocycles. The summed E-state index contributed by atoms with van der Waals surface area (Å²) in [4.78, 5) is 19.1. The highest BCUT2D eigenvalue weighted by Gasteiger charge is 2.39. The lowest BCUT2D eigenvalue weighted by Crippen LogP contribution is -2.61. The highest BCUT2D eigenvalue weighted by Crippen LogP contribution is 2.35. The van der Waals surface area contributed by atoms with E-state index in [4.69, 9.17) is 0 Å². The molecule has 2 aromatic rings. The zero-order valence-corrected chi connectivity index (χ0v) is 19.3. The summed E-state index contributed by atoms with van der Waals surface area (Å²) in [7, 11) is 3.55. The predicted molar refractivity (Wildman–Crippen MR) is 129 cm³/mol. The Balaban J connectivity index is 1.59. The van der Waals surface area contributed by atoms with Gasteiger partial charge in [-0.15, -0.1) is 6.58 Å². The smallest absolute Gasteiger partial charge is 0.253 e. The number of phenolic OH excluding ortho intramolecular Hbond substituents is 1. The Morgan fingerprint density at radius 1 is 1.16 bits per heavy atom. The minimum atomic E-state index is 0.0206. The summed E-state index contributed by atoms with van der Waals surface area (Å²) in [5, 5.41) is 10.2. The van der Waals surface area contributed by atoms with Crippen LogP contribution in [0.4, 0.5) is 0 Å². The van der Waals surface area contributed by atoms with Crippen LogP contribution in [0.5, 0.6) is 5.75 Å². The number of hydrogen-bond donors (Lipinski definition) is 1. The maximum absolute atomic E-state index is 12.3. The molecule has 0 saturated carbocycles. The van der Waals surface area contributed by atoms with E-state index in [9.17, 15) is 9.90 Å². The van der Waals surface area contributed by atoms with Crippen molar-refractivity contribution in [2.45, 2.75) is 43.8 Å². The van der Waals surface area contributed by atoms with Crippen molar-refractivity contribution in [2.24, 2.45) is 0 Å². The van der Waals surface area contributed by atoms with Crippen LogP contribution < -0.4 is 0 Å². The van der Waals surface area contributed by atoms with Crippen molar-refractivity contribution >= 4 is 5.91 Å². The van der Waals surface area contributed by atoms with E-state index in [2.05, 4.69) is 34.6 Å². The fourth-order valence-electron chi connectivity index (χ4n) is 5.38.